The third-order valence-corrected chi connectivity index (χ3v) is 2.40. The van der Waals surface area contributed by atoms with Crippen LogP contribution in [0.5, 0.6) is 0 Å². The summed E-state index contributed by atoms with van der Waals surface area (Å²) in [6, 6.07) is 7.70. The summed E-state index contributed by atoms with van der Waals surface area (Å²) >= 11 is 0. The fraction of sp³-hybridized carbons (Fsp3) is 0.250. The highest BCUT2D eigenvalue weighted by atomic mass is 16.4. The number of carboxylic acids is 1. The largest absolute Gasteiger partial charge is 0.481 e. The number of anilines is 1. The molecule has 1 aromatic carbocycles. The molecule has 0 bridgehead atoms. The molecule has 5 heteroatoms. The molecule has 0 fully saturated rings. The predicted octanol–water partition coefficient (Wildman–Crippen LogP) is 1.91. The summed E-state index contributed by atoms with van der Waals surface area (Å²) in [4.78, 5) is 18.7. The van der Waals surface area contributed by atoms with E-state index in [4.69, 9.17) is 5.11 Å². The summed E-state index contributed by atoms with van der Waals surface area (Å²) < 4.78 is 0. The maximum Gasteiger partial charge on any atom is 0.303 e. The molecule has 5 nitrogen and oxygen atoms in total. The Morgan fingerprint density at radius 1 is 1.29 bits per heavy atom. The van der Waals surface area contributed by atoms with Crippen molar-refractivity contribution in [1.82, 2.24) is 9.97 Å². The molecule has 17 heavy (non-hydrogen) atoms. The second kappa shape index (κ2) is 5.25. The molecular formula is C12H13N3O2. The van der Waals surface area contributed by atoms with E-state index in [2.05, 4.69) is 15.3 Å². The van der Waals surface area contributed by atoms with Gasteiger partial charge in [0.2, 0.25) is 0 Å². The Labute approximate surface area is 98.5 Å². The number of fused-ring (bicyclic) bond motifs is 1. The molecule has 0 aliphatic heterocycles. The minimum Gasteiger partial charge on any atom is -0.481 e. The van der Waals surface area contributed by atoms with Crippen molar-refractivity contribution < 1.29 is 9.90 Å². The number of nitrogens with zero attached hydrogens (tertiary/aromatic N) is 2. The number of para-hydroxylation sites is 1. The fourth-order valence-corrected chi connectivity index (χ4v) is 1.59. The molecule has 0 saturated heterocycles. The molecule has 0 atom stereocenters. The molecule has 2 rings (SSSR count). The molecule has 1 aromatic heterocycles. The summed E-state index contributed by atoms with van der Waals surface area (Å²) in [5.74, 6) is -0.0275. The minimum absolute atomic E-state index is 0.163. The Kier molecular flexibility index (Phi) is 3.49. The van der Waals surface area contributed by atoms with Gasteiger partial charge in [-0.3, -0.25) is 4.79 Å². The lowest BCUT2D eigenvalue weighted by molar-refractivity contribution is -0.137. The number of hydrogen-bond acceptors (Lipinski definition) is 4. The number of aliphatic carboxylic acids is 1. The van der Waals surface area contributed by atoms with Gasteiger partial charge in [-0.1, -0.05) is 12.1 Å². The van der Waals surface area contributed by atoms with E-state index in [1.807, 2.05) is 24.3 Å². The third kappa shape index (κ3) is 2.90. The summed E-state index contributed by atoms with van der Waals surface area (Å²) in [6.07, 6.45) is 2.24. The standard InChI is InChI=1S/C12H13N3O2/c16-11(17)6-3-7-13-12-9-4-1-2-5-10(9)14-8-15-12/h1-2,4-5,8H,3,6-7H2,(H,16,17)(H,13,14,15). The zero-order valence-electron chi connectivity index (χ0n) is 9.26. The van der Waals surface area contributed by atoms with Gasteiger partial charge in [0.25, 0.3) is 0 Å². The van der Waals surface area contributed by atoms with Crippen LogP contribution in [0, 0.1) is 0 Å². The fourth-order valence-electron chi connectivity index (χ4n) is 1.59. The first kappa shape index (κ1) is 11.3. The molecule has 1 heterocycles. The van der Waals surface area contributed by atoms with E-state index < -0.39 is 5.97 Å². The van der Waals surface area contributed by atoms with Crippen LogP contribution in [0.3, 0.4) is 0 Å². The summed E-state index contributed by atoms with van der Waals surface area (Å²) in [6.45, 7) is 0.591. The van der Waals surface area contributed by atoms with Crippen molar-refractivity contribution in [2.45, 2.75) is 12.8 Å². The second-order valence-electron chi connectivity index (χ2n) is 3.66. The van der Waals surface area contributed by atoms with Crippen molar-refractivity contribution in [3.63, 3.8) is 0 Å². The summed E-state index contributed by atoms with van der Waals surface area (Å²) in [5.41, 5.74) is 0.878. The van der Waals surface area contributed by atoms with E-state index >= 15 is 0 Å². The SMILES string of the molecule is O=C(O)CCCNc1ncnc2ccccc12. The van der Waals surface area contributed by atoms with Gasteiger partial charge in [0.1, 0.15) is 12.1 Å². The van der Waals surface area contributed by atoms with Crippen LogP contribution in [-0.2, 0) is 4.79 Å². The van der Waals surface area contributed by atoms with Gasteiger partial charge < -0.3 is 10.4 Å². The van der Waals surface area contributed by atoms with Crippen LogP contribution in [0.2, 0.25) is 0 Å². The molecule has 2 aromatic rings. The van der Waals surface area contributed by atoms with Crippen LogP contribution < -0.4 is 5.32 Å². The van der Waals surface area contributed by atoms with Crippen molar-refractivity contribution in [1.29, 1.82) is 0 Å². The highest BCUT2D eigenvalue weighted by Crippen LogP contribution is 2.17. The van der Waals surface area contributed by atoms with E-state index in [1.54, 1.807) is 0 Å². The molecule has 0 amide bonds. The van der Waals surface area contributed by atoms with Crippen molar-refractivity contribution in [2.75, 3.05) is 11.9 Å². The van der Waals surface area contributed by atoms with E-state index in [-0.39, 0.29) is 6.42 Å². The molecule has 0 spiro atoms. The topological polar surface area (TPSA) is 75.1 Å². The van der Waals surface area contributed by atoms with Gasteiger partial charge in [-0.15, -0.1) is 0 Å². The Morgan fingerprint density at radius 3 is 2.94 bits per heavy atom. The van der Waals surface area contributed by atoms with Crippen LogP contribution in [0.1, 0.15) is 12.8 Å². The molecule has 0 unspecified atom stereocenters. The Balaban J connectivity index is 2.05. The number of aromatic nitrogens is 2. The molecule has 88 valence electrons. The van der Waals surface area contributed by atoms with Gasteiger partial charge >= 0.3 is 5.97 Å². The van der Waals surface area contributed by atoms with Crippen molar-refractivity contribution in [2.24, 2.45) is 0 Å². The maximum atomic E-state index is 10.4. The number of carboxylic acid groups (broad SMARTS) is 1. The molecule has 2 N–H and O–H groups in total. The van der Waals surface area contributed by atoms with Gasteiger partial charge in [0, 0.05) is 18.4 Å². The lowest BCUT2D eigenvalue weighted by atomic mass is 10.2. The molecular weight excluding hydrogens is 218 g/mol. The molecule has 0 saturated carbocycles. The monoisotopic (exact) mass is 231 g/mol. The lowest BCUT2D eigenvalue weighted by Gasteiger charge is -2.06. The first-order valence-corrected chi connectivity index (χ1v) is 5.43. The van der Waals surface area contributed by atoms with Crippen LogP contribution in [0.4, 0.5) is 5.82 Å². The van der Waals surface area contributed by atoms with Crippen LogP contribution >= 0.6 is 0 Å². The Bertz CT molecular complexity index is 523. The maximum absolute atomic E-state index is 10.4. The Hall–Kier alpha value is -2.17. The summed E-state index contributed by atoms with van der Waals surface area (Å²) in [7, 11) is 0. The lowest BCUT2D eigenvalue weighted by Crippen LogP contribution is -2.06. The predicted molar refractivity (Wildman–Crippen MR) is 64.9 cm³/mol. The zero-order chi connectivity index (χ0) is 12.1. The van der Waals surface area contributed by atoms with Gasteiger partial charge in [-0.2, -0.15) is 0 Å². The third-order valence-electron chi connectivity index (χ3n) is 2.40. The van der Waals surface area contributed by atoms with Crippen LogP contribution in [0.25, 0.3) is 10.9 Å². The number of nitrogens with one attached hydrogen (secondary N) is 1. The highest BCUT2D eigenvalue weighted by Gasteiger charge is 2.02. The van der Waals surface area contributed by atoms with Gasteiger partial charge in [-0.05, 0) is 18.6 Å². The smallest absolute Gasteiger partial charge is 0.303 e. The van der Waals surface area contributed by atoms with Gasteiger partial charge in [0.15, 0.2) is 0 Å². The second-order valence-corrected chi connectivity index (χ2v) is 3.66. The molecule has 0 radical (unpaired) electrons. The quantitative estimate of drug-likeness (QED) is 0.769. The zero-order valence-corrected chi connectivity index (χ0v) is 9.26. The van der Waals surface area contributed by atoms with E-state index in [0.29, 0.717) is 13.0 Å². The van der Waals surface area contributed by atoms with Gasteiger partial charge in [-0.25, -0.2) is 9.97 Å². The number of rotatable bonds is 5. The van der Waals surface area contributed by atoms with Crippen LogP contribution in [-0.4, -0.2) is 27.6 Å². The van der Waals surface area contributed by atoms with Crippen molar-refractivity contribution >= 4 is 22.7 Å². The number of hydrogen-bond donors (Lipinski definition) is 2. The average molecular weight is 231 g/mol. The normalized spacial score (nSPS) is 10.4. The summed E-state index contributed by atoms with van der Waals surface area (Å²) in [5, 5.41) is 12.6. The van der Waals surface area contributed by atoms with E-state index in [9.17, 15) is 4.79 Å². The highest BCUT2D eigenvalue weighted by molar-refractivity contribution is 5.88. The molecule has 0 aliphatic rings. The first-order valence-electron chi connectivity index (χ1n) is 5.43. The van der Waals surface area contributed by atoms with Crippen molar-refractivity contribution in [3.8, 4) is 0 Å². The average Bonchev–Trinajstić information content (AvgIpc) is 2.34. The van der Waals surface area contributed by atoms with Gasteiger partial charge in [0.05, 0.1) is 5.52 Å². The molecule has 0 aliphatic carbocycles. The Morgan fingerprint density at radius 2 is 2.12 bits per heavy atom. The first-order chi connectivity index (χ1) is 8.27. The van der Waals surface area contributed by atoms with E-state index in [1.165, 1.54) is 6.33 Å². The number of benzene rings is 1. The minimum atomic E-state index is -0.778. The van der Waals surface area contributed by atoms with E-state index in [0.717, 1.165) is 16.7 Å². The van der Waals surface area contributed by atoms with Crippen LogP contribution in [0.15, 0.2) is 30.6 Å². The van der Waals surface area contributed by atoms with Crippen molar-refractivity contribution in [3.05, 3.63) is 30.6 Å². The number of carbonyl (C=O) groups is 1.